The van der Waals surface area contributed by atoms with E-state index in [0.29, 0.717) is 22.2 Å². The fourth-order valence-electron chi connectivity index (χ4n) is 1.89. The van der Waals surface area contributed by atoms with Crippen LogP contribution in [0.4, 0.5) is 0 Å². The van der Waals surface area contributed by atoms with E-state index in [1.54, 1.807) is 18.3 Å². The van der Waals surface area contributed by atoms with Gasteiger partial charge in [-0.25, -0.2) is 4.98 Å². The van der Waals surface area contributed by atoms with Crippen molar-refractivity contribution in [3.8, 4) is 22.8 Å². The first-order valence-corrected chi connectivity index (χ1v) is 6.39. The molecule has 0 radical (unpaired) electrons. The minimum atomic E-state index is -0.240. The molecule has 0 spiro atoms. The summed E-state index contributed by atoms with van der Waals surface area (Å²) in [5, 5.41) is 0.445. The molecule has 2 aromatic heterocycles. The maximum atomic E-state index is 11.8. The summed E-state index contributed by atoms with van der Waals surface area (Å²) in [6, 6.07) is 14.4. The molecule has 0 aliphatic rings. The summed E-state index contributed by atoms with van der Waals surface area (Å²) in [6.07, 6.45) is 1.61. The topological polar surface area (TPSA) is 58.6 Å². The van der Waals surface area contributed by atoms with Gasteiger partial charge in [-0.05, 0) is 12.1 Å². The number of benzene rings is 1. The number of aromatic nitrogens is 3. The van der Waals surface area contributed by atoms with Gasteiger partial charge in [-0.2, -0.15) is 0 Å². The molecule has 0 bridgehead atoms. The van der Waals surface area contributed by atoms with Crippen LogP contribution in [0.5, 0.6) is 0 Å². The third kappa shape index (κ3) is 2.46. The van der Waals surface area contributed by atoms with Gasteiger partial charge < -0.3 is 4.98 Å². The third-order valence-corrected chi connectivity index (χ3v) is 3.10. The van der Waals surface area contributed by atoms with Crippen molar-refractivity contribution in [3.05, 3.63) is 70.1 Å². The highest BCUT2D eigenvalue weighted by Gasteiger charge is 2.09. The largest absolute Gasteiger partial charge is 0.305 e. The van der Waals surface area contributed by atoms with Crippen LogP contribution in [0.25, 0.3) is 22.8 Å². The van der Waals surface area contributed by atoms with Gasteiger partial charge in [-0.15, -0.1) is 0 Å². The van der Waals surface area contributed by atoms with Crippen LogP contribution >= 0.6 is 11.6 Å². The highest BCUT2D eigenvalue weighted by Crippen LogP contribution is 2.23. The van der Waals surface area contributed by atoms with Crippen molar-refractivity contribution in [2.24, 2.45) is 0 Å². The van der Waals surface area contributed by atoms with Gasteiger partial charge in [0.05, 0.1) is 10.7 Å². The second-order valence-electron chi connectivity index (χ2n) is 4.18. The van der Waals surface area contributed by atoms with Crippen LogP contribution in [0, 0.1) is 0 Å². The van der Waals surface area contributed by atoms with Gasteiger partial charge in [-0.3, -0.25) is 9.78 Å². The Morgan fingerprint density at radius 2 is 1.85 bits per heavy atom. The van der Waals surface area contributed by atoms with Crippen molar-refractivity contribution in [1.82, 2.24) is 15.0 Å². The lowest BCUT2D eigenvalue weighted by Gasteiger charge is -2.05. The highest BCUT2D eigenvalue weighted by molar-refractivity contribution is 6.32. The highest BCUT2D eigenvalue weighted by atomic mass is 35.5. The summed E-state index contributed by atoms with van der Waals surface area (Å²) in [5.41, 5.74) is 1.68. The summed E-state index contributed by atoms with van der Waals surface area (Å²) in [5.74, 6) is 0.363. The van der Waals surface area contributed by atoms with E-state index in [1.807, 2.05) is 30.3 Å². The Hall–Kier alpha value is -2.46. The lowest BCUT2D eigenvalue weighted by Crippen LogP contribution is -2.09. The molecule has 1 aromatic carbocycles. The minimum Gasteiger partial charge on any atom is -0.305 e. The number of pyridine rings is 1. The molecule has 20 heavy (non-hydrogen) atoms. The molecule has 0 saturated carbocycles. The van der Waals surface area contributed by atoms with Gasteiger partial charge >= 0.3 is 0 Å². The van der Waals surface area contributed by atoms with Gasteiger partial charge in [0.2, 0.25) is 0 Å². The molecule has 2 heterocycles. The lowest BCUT2D eigenvalue weighted by atomic mass is 10.1. The molecule has 0 amide bonds. The maximum Gasteiger partial charge on any atom is 0.251 e. The number of aromatic amines is 1. The van der Waals surface area contributed by atoms with Gasteiger partial charge in [-0.1, -0.05) is 41.9 Å². The van der Waals surface area contributed by atoms with Gasteiger partial charge in [0.25, 0.3) is 5.56 Å². The molecular weight excluding hydrogens is 274 g/mol. The van der Waals surface area contributed by atoms with Crippen LogP contribution in [0.3, 0.4) is 0 Å². The predicted octanol–water partition coefficient (Wildman–Crippen LogP) is 3.15. The SMILES string of the molecule is O=c1cc(-c2ccccc2)nc(-c2ncccc2Cl)[nH]1. The molecule has 0 aliphatic heterocycles. The second-order valence-corrected chi connectivity index (χ2v) is 4.59. The first kappa shape index (κ1) is 12.6. The molecule has 5 heteroatoms. The maximum absolute atomic E-state index is 11.8. The van der Waals surface area contributed by atoms with Crippen LogP contribution in [-0.4, -0.2) is 15.0 Å². The van der Waals surface area contributed by atoms with E-state index in [0.717, 1.165) is 5.56 Å². The summed E-state index contributed by atoms with van der Waals surface area (Å²) >= 11 is 6.08. The summed E-state index contributed by atoms with van der Waals surface area (Å²) in [6.45, 7) is 0. The molecule has 0 aliphatic carbocycles. The Bertz CT molecular complexity index is 799. The van der Waals surface area contributed by atoms with Crippen molar-refractivity contribution in [2.45, 2.75) is 0 Å². The first-order chi connectivity index (χ1) is 9.74. The number of nitrogens with one attached hydrogen (secondary N) is 1. The van der Waals surface area contributed by atoms with Crippen molar-refractivity contribution in [3.63, 3.8) is 0 Å². The average Bonchev–Trinajstić information content (AvgIpc) is 2.48. The van der Waals surface area contributed by atoms with E-state index in [4.69, 9.17) is 11.6 Å². The first-order valence-electron chi connectivity index (χ1n) is 6.02. The number of halogens is 1. The zero-order valence-electron chi connectivity index (χ0n) is 10.4. The number of hydrogen-bond acceptors (Lipinski definition) is 3. The Kier molecular flexibility index (Phi) is 3.31. The van der Waals surface area contributed by atoms with Crippen LogP contribution < -0.4 is 5.56 Å². The number of H-pyrrole nitrogens is 1. The molecule has 98 valence electrons. The predicted molar refractivity (Wildman–Crippen MR) is 78.5 cm³/mol. The van der Waals surface area contributed by atoms with E-state index >= 15 is 0 Å². The summed E-state index contributed by atoms with van der Waals surface area (Å²) in [7, 11) is 0. The summed E-state index contributed by atoms with van der Waals surface area (Å²) < 4.78 is 0. The Labute approximate surface area is 120 Å². The van der Waals surface area contributed by atoms with Gasteiger partial charge in [0, 0.05) is 17.8 Å². The Morgan fingerprint density at radius 3 is 2.60 bits per heavy atom. The van der Waals surface area contributed by atoms with Crippen molar-refractivity contribution in [2.75, 3.05) is 0 Å². The Balaban J connectivity index is 2.18. The number of rotatable bonds is 2. The quantitative estimate of drug-likeness (QED) is 0.786. The smallest absolute Gasteiger partial charge is 0.251 e. The molecule has 3 rings (SSSR count). The van der Waals surface area contributed by atoms with Gasteiger partial charge in [0.15, 0.2) is 5.82 Å². The van der Waals surface area contributed by atoms with Crippen LogP contribution in [0.1, 0.15) is 0 Å². The molecule has 0 unspecified atom stereocenters. The molecule has 0 saturated heterocycles. The van der Waals surface area contributed by atoms with E-state index in [9.17, 15) is 4.79 Å². The molecule has 1 N–H and O–H groups in total. The normalized spacial score (nSPS) is 10.4. The van der Waals surface area contributed by atoms with E-state index in [1.165, 1.54) is 6.07 Å². The van der Waals surface area contributed by atoms with Gasteiger partial charge in [0.1, 0.15) is 5.69 Å². The van der Waals surface area contributed by atoms with Crippen molar-refractivity contribution < 1.29 is 0 Å². The fraction of sp³-hybridized carbons (Fsp3) is 0. The monoisotopic (exact) mass is 283 g/mol. The molecular formula is C15H10ClN3O. The molecule has 0 atom stereocenters. The van der Waals surface area contributed by atoms with Crippen LogP contribution in [-0.2, 0) is 0 Å². The zero-order chi connectivity index (χ0) is 13.9. The van der Waals surface area contributed by atoms with E-state index < -0.39 is 0 Å². The van der Waals surface area contributed by atoms with Crippen molar-refractivity contribution >= 4 is 11.6 Å². The third-order valence-electron chi connectivity index (χ3n) is 2.79. The van der Waals surface area contributed by atoms with Crippen LogP contribution in [0.2, 0.25) is 5.02 Å². The molecule has 0 fully saturated rings. The second kappa shape index (κ2) is 5.27. The average molecular weight is 284 g/mol. The molecule has 4 nitrogen and oxygen atoms in total. The minimum absolute atomic E-state index is 0.240. The van der Waals surface area contributed by atoms with Crippen molar-refractivity contribution in [1.29, 1.82) is 0 Å². The van der Waals surface area contributed by atoms with Crippen LogP contribution in [0.15, 0.2) is 59.5 Å². The summed E-state index contributed by atoms with van der Waals surface area (Å²) in [4.78, 5) is 23.1. The number of hydrogen-bond donors (Lipinski definition) is 1. The zero-order valence-corrected chi connectivity index (χ0v) is 11.1. The standard InChI is InChI=1S/C15H10ClN3O/c16-11-7-4-8-17-14(11)15-18-12(9-13(20)19-15)10-5-2-1-3-6-10/h1-9H,(H,18,19,20). The fourth-order valence-corrected chi connectivity index (χ4v) is 2.10. The lowest BCUT2D eigenvalue weighted by molar-refractivity contribution is 1.11. The van der Waals surface area contributed by atoms with E-state index in [-0.39, 0.29) is 5.56 Å². The van der Waals surface area contributed by atoms with E-state index in [2.05, 4.69) is 15.0 Å². The number of nitrogens with zero attached hydrogens (tertiary/aromatic N) is 2. The Morgan fingerprint density at radius 1 is 1.05 bits per heavy atom. The molecule has 3 aromatic rings.